The van der Waals surface area contributed by atoms with Crippen LogP contribution in [0.4, 0.5) is 0 Å². The lowest BCUT2D eigenvalue weighted by Crippen LogP contribution is -2.15. The molecule has 3 aromatic rings. The second-order valence-corrected chi connectivity index (χ2v) is 5.26. The van der Waals surface area contributed by atoms with Crippen LogP contribution in [0.2, 0.25) is 0 Å². The molecule has 0 radical (unpaired) electrons. The van der Waals surface area contributed by atoms with Crippen LogP contribution in [0.1, 0.15) is 24.1 Å². The molecule has 118 valence electrons. The average molecular weight is 317 g/mol. The molecule has 0 aliphatic carbocycles. The Bertz CT molecular complexity index is 920. The number of nitrogens with zero attached hydrogens (tertiary/aromatic N) is 3. The molecule has 0 spiro atoms. The molecule has 0 unspecified atom stereocenters. The van der Waals surface area contributed by atoms with Crippen molar-refractivity contribution in [1.82, 2.24) is 15.0 Å². The van der Waals surface area contributed by atoms with E-state index in [1.54, 1.807) is 13.1 Å². The largest absolute Gasteiger partial charge is 0.480 e. The predicted molar refractivity (Wildman–Crippen MR) is 90.2 cm³/mol. The van der Waals surface area contributed by atoms with Gasteiger partial charge in [0.1, 0.15) is 11.7 Å². The highest BCUT2D eigenvalue weighted by Gasteiger charge is 2.16. The van der Waals surface area contributed by atoms with Gasteiger partial charge in [-0.05, 0) is 25.1 Å². The van der Waals surface area contributed by atoms with Crippen molar-refractivity contribution in [2.75, 3.05) is 0 Å². The van der Waals surface area contributed by atoms with Crippen molar-refractivity contribution in [2.45, 2.75) is 13.0 Å². The van der Waals surface area contributed by atoms with Crippen molar-refractivity contribution in [3.63, 3.8) is 0 Å². The van der Waals surface area contributed by atoms with Crippen molar-refractivity contribution in [3.05, 3.63) is 71.9 Å². The lowest BCUT2D eigenvalue weighted by molar-refractivity contribution is -0.140. The van der Waals surface area contributed by atoms with E-state index in [9.17, 15) is 4.79 Å². The van der Waals surface area contributed by atoms with E-state index in [4.69, 9.17) is 5.11 Å². The lowest BCUT2D eigenvalue weighted by Gasteiger charge is -2.04. The molecule has 5 heteroatoms. The van der Waals surface area contributed by atoms with Crippen LogP contribution in [0.3, 0.4) is 0 Å². The molecule has 0 bridgehead atoms. The molecule has 0 amide bonds. The van der Waals surface area contributed by atoms with E-state index in [2.05, 4.69) is 22.2 Å². The third-order valence-corrected chi connectivity index (χ3v) is 3.58. The van der Waals surface area contributed by atoms with Gasteiger partial charge in [0.05, 0.1) is 6.20 Å². The van der Waals surface area contributed by atoms with Gasteiger partial charge in [0.15, 0.2) is 0 Å². The van der Waals surface area contributed by atoms with E-state index in [0.717, 1.165) is 16.7 Å². The minimum atomic E-state index is -0.955. The van der Waals surface area contributed by atoms with Crippen LogP contribution in [0.25, 0.3) is 11.3 Å². The lowest BCUT2D eigenvalue weighted by atomic mass is 10.0. The Labute approximate surface area is 139 Å². The van der Waals surface area contributed by atoms with E-state index in [1.165, 1.54) is 4.68 Å². The highest BCUT2D eigenvalue weighted by Crippen LogP contribution is 2.21. The first-order valence-corrected chi connectivity index (χ1v) is 7.46. The summed E-state index contributed by atoms with van der Waals surface area (Å²) in [5.41, 5.74) is 3.16. The Morgan fingerprint density at radius 1 is 1.08 bits per heavy atom. The molecule has 1 N–H and O–H groups in total. The van der Waals surface area contributed by atoms with Gasteiger partial charge in [0.25, 0.3) is 0 Å². The number of hydrogen-bond acceptors (Lipinski definition) is 3. The van der Waals surface area contributed by atoms with Crippen LogP contribution in [0.15, 0.2) is 60.8 Å². The minimum absolute atomic E-state index is 0.598. The van der Waals surface area contributed by atoms with E-state index in [1.807, 2.05) is 54.6 Å². The first-order chi connectivity index (χ1) is 11.6. The maximum absolute atomic E-state index is 11.1. The van der Waals surface area contributed by atoms with Crippen LogP contribution < -0.4 is 0 Å². The summed E-state index contributed by atoms with van der Waals surface area (Å²) in [7, 11) is 0. The molecule has 0 aliphatic rings. The van der Waals surface area contributed by atoms with Gasteiger partial charge in [-0.2, -0.15) is 0 Å². The number of hydrogen-bond donors (Lipinski definition) is 1. The summed E-state index contributed by atoms with van der Waals surface area (Å²) >= 11 is 0. The molecule has 1 aromatic heterocycles. The summed E-state index contributed by atoms with van der Waals surface area (Å²) in [6, 6.07) is 16.5. The normalized spacial score (nSPS) is 11.4. The number of carboxylic acids is 1. The smallest absolute Gasteiger partial charge is 0.328 e. The number of aromatic nitrogens is 3. The summed E-state index contributed by atoms with van der Waals surface area (Å²) in [6.45, 7) is 1.56. The van der Waals surface area contributed by atoms with Crippen LogP contribution in [0, 0.1) is 11.8 Å². The molecule has 24 heavy (non-hydrogen) atoms. The highest BCUT2D eigenvalue weighted by molar-refractivity contribution is 5.72. The fourth-order valence-electron chi connectivity index (χ4n) is 2.18. The number of rotatable bonds is 3. The number of carboxylic acid groups (broad SMARTS) is 1. The Morgan fingerprint density at radius 2 is 1.79 bits per heavy atom. The first kappa shape index (κ1) is 15.5. The Balaban J connectivity index is 1.96. The van der Waals surface area contributed by atoms with E-state index >= 15 is 0 Å². The summed E-state index contributed by atoms with van der Waals surface area (Å²) in [5.74, 6) is 5.31. The molecule has 2 aromatic carbocycles. The van der Waals surface area contributed by atoms with Gasteiger partial charge in [0, 0.05) is 16.7 Å². The number of carbonyl (C=O) groups is 1. The van der Waals surface area contributed by atoms with E-state index in [-0.39, 0.29) is 0 Å². The van der Waals surface area contributed by atoms with Crippen molar-refractivity contribution in [2.24, 2.45) is 0 Å². The molecular formula is C19H15N3O2. The fourth-order valence-corrected chi connectivity index (χ4v) is 2.18. The first-order valence-electron chi connectivity index (χ1n) is 7.46. The van der Waals surface area contributed by atoms with Crippen LogP contribution >= 0.6 is 0 Å². The molecule has 0 saturated heterocycles. The Morgan fingerprint density at radius 3 is 2.54 bits per heavy atom. The Hall–Kier alpha value is -3.39. The molecule has 0 aliphatic heterocycles. The topological polar surface area (TPSA) is 68.0 Å². The highest BCUT2D eigenvalue weighted by atomic mass is 16.4. The van der Waals surface area contributed by atoms with Gasteiger partial charge in [-0.15, -0.1) is 5.10 Å². The molecule has 3 rings (SSSR count). The van der Waals surface area contributed by atoms with E-state index < -0.39 is 12.0 Å². The third kappa shape index (κ3) is 3.33. The predicted octanol–water partition coefficient (Wildman–Crippen LogP) is 2.99. The summed E-state index contributed by atoms with van der Waals surface area (Å²) in [5, 5.41) is 17.1. The van der Waals surface area contributed by atoms with Crippen molar-refractivity contribution in [3.8, 4) is 23.1 Å². The second kappa shape index (κ2) is 6.80. The van der Waals surface area contributed by atoms with Gasteiger partial charge in [0.2, 0.25) is 0 Å². The molecule has 0 saturated carbocycles. The van der Waals surface area contributed by atoms with E-state index in [0.29, 0.717) is 5.69 Å². The average Bonchev–Trinajstić information content (AvgIpc) is 3.10. The second-order valence-electron chi connectivity index (χ2n) is 5.26. The number of aliphatic carboxylic acids is 1. The maximum atomic E-state index is 11.1. The summed E-state index contributed by atoms with van der Waals surface area (Å²) in [4.78, 5) is 11.1. The summed E-state index contributed by atoms with van der Waals surface area (Å²) < 4.78 is 1.33. The minimum Gasteiger partial charge on any atom is -0.480 e. The van der Waals surface area contributed by atoms with Crippen molar-refractivity contribution >= 4 is 5.97 Å². The fraction of sp³-hybridized carbons (Fsp3) is 0.105. The summed E-state index contributed by atoms with van der Waals surface area (Å²) in [6.07, 6.45) is 1.63. The standard InChI is InChI=1S/C19H15N3O2/c1-14(19(23)24)22-13-18(20-21-22)17-10-6-5-9-16(17)12-11-15-7-3-2-4-8-15/h2-10,13-14H,1H3,(H,23,24)/t14-/m1/s1. The molecule has 1 atom stereocenters. The molecular weight excluding hydrogens is 302 g/mol. The zero-order chi connectivity index (χ0) is 16.9. The zero-order valence-corrected chi connectivity index (χ0v) is 13.0. The quantitative estimate of drug-likeness (QED) is 0.754. The van der Waals surface area contributed by atoms with Crippen LogP contribution in [0.5, 0.6) is 0 Å². The van der Waals surface area contributed by atoms with Crippen LogP contribution in [-0.4, -0.2) is 26.1 Å². The monoisotopic (exact) mass is 317 g/mol. The molecule has 0 fully saturated rings. The van der Waals surface area contributed by atoms with Gasteiger partial charge in [-0.3, -0.25) is 0 Å². The molecule has 1 heterocycles. The van der Waals surface area contributed by atoms with Gasteiger partial charge in [-0.25, -0.2) is 9.48 Å². The van der Waals surface area contributed by atoms with Crippen molar-refractivity contribution < 1.29 is 9.90 Å². The zero-order valence-electron chi connectivity index (χ0n) is 13.0. The van der Waals surface area contributed by atoms with Gasteiger partial charge in [-0.1, -0.05) is 53.5 Å². The Kier molecular flexibility index (Phi) is 4.39. The number of benzene rings is 2. The third-order valence-electron chi connectivity index (χ3n) is 3.58. The van der Waals surface area contributed by atoms with Gasteiger partial charge < -0.3 is 5.11 Å². The van der Waals surface area contributed by atoms with Gasteiger partial charge >= 0.3 is 5.97 Å². The SMILES string of the molecule is C[C@H](C(=O)O)n1cc(-c2ccccc2C#Cc2ccccc2)nn1. The van der Waals surface area contributed by atoms with Crippen molar-refractivity contribution in [1.29, 1.82) is 0 Å². The van der Waals surface area contributed by atoms with Crippen LogP contribution in [-0.2, 0) is 4.79 Å². The maximum Gasteiger partial charge on any atom is 0.328 e. The molecule has 5 nitrogen and oxygen atoms in total.